The van der Waals surface area contributed by atoms with Crippen LogP contribution in [-0.4, -0.2) is 0 Å². The predicted octanol–water partition coefficient (Wildman–Crippen LogP) is 3.57. The summed E-state index contributed by atoms with van der Waals surface area (Å²) in [6.45, 7) is 5.86. The number of fused-ring (bicyclic) bond motifs is 1. The van der Waals surface area contributed by atoms with E-state index in [1.807, 2.05) is 25.1 Å². The van der Waals surface area contributed by atoms with Gasteiger partial charge in [0, 0.05) is 26.1 Å². The highest BCUT2D eigenvalue weighted by Gasteiger charge is 2.14. The van der Waals surface area contributed by atoms with Gasteiger partial charge in [-0.1, -0.05) is 29.9 Å². The van der Waals surface area contributed by atoms with E-state index >= 15 is 0 Å². The molecule has 0 radical (unpaired) electrons. The van der Waals surface area contributed by atoms with Gasteiger partial charge in [0.1, 0.15) is 0 Å². The lowest BCUT2D eigenvalue weighted by atomic mass is 10.1. The molecule has 14 heavy (non-hydrogen) atoms. The molecule has 3 heteroatoms. The highest BCUT2D eigenvalue weighted by molar-refractivity contribution is 8.03. The quantitative estimate of drug-likeness (QED) is 0.728. The number of benzene rings is 1. The van der Waals surface area contributed by atoms with Gasteiger partial charge in [0.25, 0.3) is 0 Å². The fourth-order valence-electron chi connectivity index (χ4n) is 1.40. The monoisotopic (exact) mass is 223 g/mol. The van der Waals surface area contributed by atoms with Crippen molar-refractivity contribution in [2.75, 3.05) is 0 Å². The molecule has 0 atom stereocenters. The van der Waals surface area contributed by atoms with Crippen molar-refractivity contribution < 1.29 is 0 Å². The lowest BCUT2D eigenvalue weighted by molar-refractivity contribution is 1.31. The van der Waals surface area contributed by atoms with E-state index in [1.165, 1.54) is 0 Å². The summed E-state index contributed by atoms with van der Waals surface area (Å²) in [6, 6.07) is 3.96. The summed E-state index contributed by atoms with van der Waals surface area (Å²) in [5, 5.41) is 0.777. The molecular weight excluding hydrogens is 214 g/mol. The minimum Gasteiger partial charge on any atom is -0.398 e. The van der Waals surface area contributed by atoms with Gasteiger partial charge < -0.3 is 5.73 Å². The van der Waals surface area contributed by atoms with E-state index in [-0.39, 0.29) is 0 Å². The first kappa shape index (κ1) is 9.69. The smallest absolute Gasteiger partial charge is 0.0446 e. The predicted molar refractivity (Wildman–Crippen MR) is 63.4 cm³/mol. The van der Waals surface area contributed by atoms with Crippen molar-refractivity contribution in [3.63, 3.8) is 0 Å². The molecule has 1 heterocycles. The van der Waals surface area contributed by atoms with Gasteiger partial charge in [-0.05, 0) is 30.7 Å². The molecule has 0 fully saturated rings. The van der Waals surface area contributed by atoms with Crippen LogP contribution in [0, 0.1) is 6.92 Å². The largest absolute Gasteiger partial charge is 0.398 e. The number of rotatable bonds is 0. The molecule has 0 saturated carbocycles. The summed E-state index contributed by atoms with van der Waals surface area (Å²) in [6.07, 6.45) is 1.89. The van der Waals surface area contributed by atoms with Crippen molar-refractivity contribution in [2.45, 2.75) is 11.8 Å². The molecule has 1 aromatic rings. The first-order valence-corrected chi connectivity index (χ1v) is 5.42. The molecule has 0 aliphatic carbocycles. The summed E-state index contributed by atoms with van der Waals surface area (Å²) in [5.41, 5.74) is 8.78. The van der Waals surface area contributed by atoms with E-state index in [4.69, 9.17) is 17.3 Å². The molecule has 72 valence electrons. The average Bonchev–Trinajstić information content (AvgIpc) is 2.08. The summed E-state index contributed by atoms with van der Waals surface area (Å²) in [5.74, 6) is 0. The minimum atomic E-state index is 0.767. The Hall–Kier alpha value is -0.860. The van der Waals surface area contributed by atoms with Gasteiger partial charge in [0.2, 0.25) is 0 Å². The lowest BCUT2D eigenvalue weighted by Crippen LogP contribution is -2.02. The number of hydrogen-bond donors (Lipinski definition) is 1. The highest BCUT2D eigenvalue weighted by Crippen LogP contribution is 2.39. The molecule has 0 bridgehead atoms. The molecule has 1 nitrogen and oxygen atoms in total. The minimum absolute atomic E-state index is 0.767. The van der Waals surface area contributed by atoms with E-state index in [1.54, 1.807) is 11.8 Å². The van der Waals surface area contributed by atoms with E-state index in [2.05, 4.69) is 6.58 Å². The Bertz CT molecular complexity index is 449. The first-order chi connectivity index (χ1) is 6.58. The van der Waals surface area contributed by atoms with Gasteiger partial charge in [0.15, 0.2) is 0 Å². The van der Waals surface area contributed by atoms with Gasteiger partial charge in [0.05, 0.1) is 0 Å². The van der Waals surface area contributed by atoms with Crippen LogP contribution in [0.15, 0.2) is 34.6 Å². The first-order valence-electron chi connectivity index (χ1n) is 4.22. The van der Waals surface area contributed by atoms with Crippen molar-refractivity contribution >= 4 is 29.1 Å². The lowest BCUT2D eigenvalue weighted by Gasteiger charge is -2.16. The number of hydrogen-bond acceptors (Lipinski definition) is 2. The fourth-order valence-corrected chi connectivity index (χ4v) is 2.56. The zero-order valence-corrected chi connectivity index (χ0v) is 9.38. The van der Waals surface area contributed by atoms with Crippen LogP contribution in [0.1, 0.15) is 11.1 Å². The highest BCUT2D eigenvalue weighted by atomic mass is 35.5. The zero-order valence-electron chi connectivity index (χ0n) is 7.80. The summed E-state index contributed by atoms with van der Waals surface area (Å²) in [4.78, 5) is 2.04. The Morgan fingerprint density at radius 1 is 1.43 bits per heavy atom. The van der Waals surface area contributed by atoms with Gasteiger partial charge in [-0.2, -0.15) is 0 Å². The third kappa shape index (κ3) is 1.56. The van der Waals surface area contributed by atoms with E-state index in [9.17, 15) is 0 Å². The van der Waals surface area contributed by atoms with E-state index in [0.29, 0.717) is 0 Å². The van der Waals surface area contributed by atoms with Crippen LogP contribution in [0.5, 0.6) is 0 Å². The van der Waals surface area contributed by atoms with Crippen LogP contribution in [0.4, 0.5) is 0 Å². The Labute approximate surface area is 92.6 Å². The molecule has 1 aromatic carbocycles. The van der Waals surface area contributed by atoms with Crippen LogP contribution in [0.3, 0.4) is 0 Å². The Kier molecular flexibility index (Phi) is 2.33. The molecule has 2 N–H and O–H groups in total. The van der Waals surface area contributed by atoms with Crippen molar-refractivity contribution in [2.24, 2.45) is 5.73 Å². The number of allylic oxidation sites excluding steroid dienone is 1. The molecule has 0 amide bonds. The van der Waals surface area contributed by atoms with Crippen LogP contribution in [0.2, 0.25) is 5.02 Å². The standard InChI is InChI=1S/C11H10ClNS/c1-6-3-8-10(13)4-7(2)14-11(8)5-9(6)12/h3-5H,2,13H2,1H3. The third-order valence-corrected chi connectivity index (χ3v) is 3.47. The van der Waals surface area contributed by atoms with Crippen LogP contribution >= 0.6 is 23.4 Å². The maximum absolute atomic E-state index is 6.04. The summed E-state index contributed by atoms with van der Waals surface area (Å²) >= 11 is 7.64. The summed E-state index contributed by atoms with van der Waals surface area (Å²) in [7, 11) is 0. The van der Waals surface area contributed by atoms with Gasteiger partial charge >= 0.3 is 0 Å². The Morgan fingerprint density at radius 2 is 2.14 bits per heavy atom. The molecule has 1 aliphatic heterocycles. The summed E-state index contributed by atoms with van der Waals surface area (Å²) < 4.78 is 0. The SMILES string of the molecule is C=C1C=C(N)c2cc(C)c(Cl)cc2S1. The number of nitrogens with two attached hydrogens (primary N) is 1. The number of halogens is 1. The molecule has 0 spiro atoms. The van der Waals surface area contributed by atoms with Gasteiger partial charge in [-0.3, -0.25) is 0 Å². The molecule has 0 saturated heterocycles. The second-order valence-corrected chi connectivity index (χ2v) is 4.84. The van der Waals surface area contributed by atoms with Gasteiger partial charge in [-0.25, -0.2) is 0 Å². The van der Waals surface area contributed by atoms with E-state index < -0.39 is 0 Å². The molecule has 0 unspecified atom stereocenters. The second kappa shape index (κ2) is 3.37. The van der Waals surface area contributed by atoms with Crippen LogP contribution in [0.25, 0.3) is 5.70 Å². The van der Waals surface area contributed by atoms with Crippen molar-refractivity contribution in [1.82, 2.24) is 0 Å². The normalized spacial score (nSPS) is 15.0. The zero-order chi connectivity index (χ0) is 10.3. The molecular formula is C11H10ClNS. The van der Waals surface area contributed by atoms with Crippen molar-refractivity contribution in [3.05, 3.63) is 45.8 Å². The van der Waals surface area contributed by atoms with Crippen LogP contribution < -0.4 is 5.73 Å². The topological polar surface area (TPSA) is 26.0 Å². The second-order valence-electron chi connectivity index (χ2n) is 3.27. The maximum atomic E-state index is 6.04. The van der Waals surface area contributed by atoms with E-state index in [0.717, 1.165) is 31.6 Å². The van der Waals surface area contributed by atoms with Crippen molar-refractivity contribution in [1.29, 1.82) is 0 Å². The molecule has 0 aromatic heterocycles. The Morgan fingerprint density at radius 3 is 2.86 bits per heavy atom. The fraction of sp³-hybridized carbons (Fsp3) is 0.0909. The number of thioether (sulfide) groups is 1. The molecule has 2 rings (SSSR count). The maximum Gasteiger partial charge on any atom is 0.0446 e. The van der Waals surface area contributed by atoms with Crippen molar-refractivity contribution in [3.8, 4) is 0 Å². The Balaban J connectivity index is 2.64. The van der Waals surface area contributed by atoms with Gasteiger partial charge in [-0.15, -0.1) is 0 Å². The average molecular weight is 224 g/mol. The number of aryl methyl sites for hydroxylation is 1. The molecule has 1 aliphatic rings. The third-order valence-electron chi connectivity index (χ3n) is 2.13. The van der Waals surface area contributed by atoms with Crippen LogP contribution in [-0.2, 0) is 0 Å².